The number of hydrogen-bond acceptors (Lipinski definition) is 5. The van der Waals surface area contributed by atoms with Crippen LogP contribution in [-0.4, -0.2) is 37.5 Å². The summed E-state index contributed by atoms with van der Waals surface area (Å²) in [6.45, 7) is 2.43. The Kier molecular flexibility index (Phi) is 3.33. The van der Waals surface area contributed by atoms with E-state index < -0.39 is 0 Å². The van der Waals surface area contributed by atoms with Crippen LogP contribution in [0.4, 0.5) is 5.95 Å². The Hall–Kier alpha value is -2.70. The molecule has 0 aromatic carbocycles. The van der Waals surface area contributed by atoms with Crippen LogP contribution in [0.5, 0.6) is 0 Å². The number of anilines is 1. The van der Waals surface area contributed by atoms with Crippen molar-refractivity contribution < 1.29 is 0 Å². The van der Waals surface area contributed by atoms with Crippen molar-refractivity contribution >= 4 is 11.6 Å². The SMILES string of the molecule is O=c1cc2c(nn1CC1CN(c3nnc4ccccn34)C1)CCCC2. The number of hydrogen-bond donors (Lipinski definition) is 0. The third kappa shape index (κ3) is 2.50. The molecule has 1 aliphatic heterocycles. The average molecular weight is 336 g/mol. The molecule has 7 heteroatoms. The minimum absolute atomic E-state index is 0.0343. The molecule has 1 saturated heterocycles. The smallest absolute Gasteiger partial charge is 0.267 e. The van der Waals surface area contributed by atoms with E-state index in [1.807, 2.05) is 28.8 Å². The summed E-state index contributed by atoms with van der Waals surface area (Å²) in [5, 5.41) is 13.1. The van der Waals surface area contributed by atoms with Gasteiger partial charge in [0.05, 0.1) is 12.2 Å². The Morgan fingerprint density at radius 3 is 2.92 bits per heavy atom. The molecule has 4 heterocycles. The van der Waals surface area contributed by atoms with E-state index in [-0.39, 0.29) is 5.56 Å². The largest absolute Gasteiger partial charge is 0.340 e. The minimum Gasteiger partial charge on any atom is -0.340 e. The van der Waals surface area contributed by atoms with E-state index in [4.69, 9.17) is 0 Å². The number of aromatic nitrogens is 5. The molecule has 0 N–H and O–H groups in total. The Balaban J connectivity index is 1.31. The zero-order valence-electron chi connectivity index (χ0n) is 14.0. The lowest BCUT2D eigenvalue weighted by Crippen LogP contribution is -2.50. The van der Waals surface area contributed by atoms with E-state index in [1.54, 1.807) is 10.7 Å². The zero-order valence-corrected chi connectivity index (χ0v) is 14.0. The van der Waals surface area contributed by atoms with Crippen LogP contribution >= 0.6 is 0 Å². The van der Waals surface area contributed by atoms with Gasteiger partial charge in [-0.1, -0.05) is 6.07 Å². The third-order valence-electron chi connectivity index (χ3n) is 5.24. The predicted molar refractivity (Wildman–Crippen MR) is 93.8 cm³/mol. The molecule has 2 aliphatic rings. The fourth-order valence-corrected chi connectivity index (χ4v) is 3.87. The topological polar surface area (TPSA) is 68.3 Å². The lowest BCUT2D eigenvalue weighted by Gasteiger charge is -2.39. The van der Waals surface area contributed by atoms with Crippen LogP contribution < -0.4 is 10.5 Å². The molecule has 5 rings (SSSR count). The Labute approximate surface area is 144 Å². The lowest BCUT2D eigenvalue weighted by molar-refractivity contribution is 0.327. The van der Waals surface area contributed by atoms with Gasteiger partial charge >= 0.3 is 0 Å². The second kappa shape index (κ2) is 5.68. The first kappa shape index (κ1) is 14.6. The summed E-state index contributed by atoms with van der Waals surface area (Å²) in [5.41, 5.74) is 3.16. The maximum Gasteiger partial charge on any atom is 0.267 e. The van der Waals surface area contributed by atoms with Crippen molar-refractivity contribution in [1.82, 2.24) is 24.4 Å². The van der Waals surface area contributed by atoms with Crippen molar-refractivity contribution in [1.29, 1.82) is 0 Å². The molecule has 0 atom stereocenters. The fraction of sp³-hybridized carbons (Fsp3) is 0.444. The molecular weight excluding hydrogens is 316 g/mol. The number of pyridine rings is 1. The first-order valence-electron chi connectivity index (χ1n) is 8.92. The Morgan fingerprint density at radius 1 is 1.12 bits per heavy atom. The van der Waals surface area contributed by atoms with Gasteiger partial charge in [-0.2, -0.15) is 5.10 Å². The van der Waals surface area contributed by atoms with E-state index >= 15 is 0 Å². The van der Waals surface area contributed by atoms with Crippen LogP contribution in [0.15, 0.2) is 35.3 Å². The normalized spacial score (nSPS) is 17.5. The first-order valence-corrected chi connectivity index (χ1v) is 8.92. The highest BCUT2D eigenvalue weighted by molar-refractivity contribution is 5.47. The highest BCUT2D eigenvalue weighted by Gasteiger charge is 2.31. The summed E-state index contributed by atoms with van der Waals surface area (Å²) in [4.78, 5) is 14.5. The maximum absolute atomic E-state index is 12.3. The molecule has 0 saturated carbocycles. The second-order valence-electron chi connectivity index (χ2n) is 7.04. The van der Waals surface area contributed by atoms with Gasteiger partial charge in [0.15, 0.2) is 5.65 Å². The standard InChI is InChI=1S/C18H20N6O/c25-17-9-14-5-1-2-6-15(14)21-24(17)12-13-10-22(11-13)18-20-19-16-7-3-4-8-23(16)18/h3-4,7-9,13H,1-2,5-6,10-12H2. The maximum atomic E-state index is 12.3. The van der Waals surface area contributed by atoms with Crippen molar-refractivity contribution in [2.75, 3.05) is 18.0 Å². The number of nitrogens with zero attached hydrogens (tertiary/aromatic N) is 6. The molecule has 0 bridgehead atoms. The Morgan fingerprint density at radius 2 is 2.00 bits per heavy atom. The summed E-state index contributed by atoms with van der Waals surface area (Å²) < 4.78 is 3.66. The van der Waals surface area contributed by atoms with Crippen molar-refractivity contribution in [2.24, 2.45) is 5.92 Å². The quantitative estimate of drug-likeness (QED) is 0.721. The van der Waals surface area contributed by atoms with Crippen LogP contribution in [-0.2, 0) is 19.4 Å². The van der Waals surface area contributed by atoms with Crippen molar-refractivity contribution in [3.8, 4) is 0 Å². The summed E-state index contributed by atoms with van der Waals surface area (Å²) in [6, 6.07) is 7.68. The highest BCUT2D eigenvalue weighted by Crippen LogP contribution is 2.24. The van der Waals surface area contributed by atoms with Gasteiger partial charge in [0.2, 0.25) is 5.95 Å². The van der Waals surface area contributed by atoms with Gasteiger partial charge in [0.25, 0.3) is 5.56 Å². The molecule has 0 radical (unpaired) electrons. The summed E-state index contributed by atoms with van der Waals surface area (Å²) in [7, 11) is 0. The van der Waals surface area contributed by atoms with Gasteiger partial charge in [-0.25, -0.2) is 4.68 Å². The molecule has 3 aromatic heterocycles. The van der Waals surface area contributed by atoms with Gasteiger partial charge < -0.3 is 4.90 Å². The minimum atomic E-state index is 0.0343. The molecule has 0 amide bonds. The number of fused-ring (bicyclic) bond motifs is 2. The molecule has 3 aromatic rings. The van der Waals surface area contributed by atoms with E-state index in [2.05, 4.69) is 20.2 Å². The second-order valence-corrected chi connectivity index (χ2v) is 7.04. The molecule has 0 spiro atoms. The van der Waals surface area contributed by atoms with Gasteiger partial charge in [-0.3, -0.25) is 9.20 Å². The Bertz CT molecular complexity index is 985. The van der Waals surface area contributed by atoms with E-state index in [9.17, 15) is 4.79 Å². The van der Waals surface area contributed by atoms with E-state index in [0.29, 0.717) is 12.5 Å². The zero-order chi connectivity index (χ0) is 16.8. The van der Waals surface area contributed by atoms with E-state index in [1.165, 1.54) is 12.8 Å². The van der Waals surface area contributed by atoms with Crippen LogP contribution in [0.3, 0.4) is 0 Å². The average Bonchev–Trinajstić information content (AvgIpc) is 3.01. The van der Waals surface area contributed by atoms with Gasteiger partial charge in [0, 0.05) is 31.3 Å². The monoisotopic (exact) mass is 336 g/mol. The molecule has 1 aliphatic carbocycles. The van der Waals surface area contributed by atoms with Crippen molar-refractivity contribution in [3.63, 3.8) is 0 Å². The number of aryl methyl sites for hydroxylation is 2. The van der Waals surface area contributed by atoms with Crippen LogP contribution in [0.25, 0.3) is 5.65 Å². The molecule has 25 heavy (non-hydrogen) atoms. The van der Waals surface area contributed by atoms with E-state index in [0.717, 1.165) is 48.8 Å². The molecule has 0 unspecified atom stereocenters. The highest BCUT2D eigenvalue weighted by atomic mass is 16.1. The summed E-state index contributed by atoms with van der Waals surface area (Å²) in [6.07, 6.45) is 6.32. The molecule has 7 nitrogen and oxygen atoms in total. The van der Waals surface area contributed by atoms with Crippen LogP contribution in [0, 0.1) is 5.92 Å². The first-order chi connectivity index (χ1) is 12.3. The molecule has 128 valence electrons. The third-order valence-corrected chi connectivity index (χ3v) is 5.24. The van der Waals surface area contributed by atoms with Gasteiger partial charge in [-0.15, -0.1) is 10.2 Å². The van der Waals surface area contributed by atoms with Crippen LogP contribution in [0.2, 0.25) is 0 Å². The van der Waals surface area contributed by atoms with Crippen molar-refractivity contribution in [3.05, 3.63) is 52.1 Å². The number of rotatable bonds is 3. The fourth-order valence-electron chi connectivity index (χ4n) is 3.87. The lowest BCUT2D eigenvalue weighted by atomic mass is 9.97. The van der Waals surface area contributed by atoms with Gasteiger partial charge in [-0.05, 0) is 43.4 Å². The summed E-state index contributed by atoms with van der Waals surface area (Å²) >= 11 is 0. The van der Waals surface area contributed by atoms with Crippen LogP contribution in [0.1, 0.15) is 24.1 Å². The van der Waals surface area contributed by atoms with Crippen molar-refractivity contribution in [2.45, 2.75) is 32.2 Å². The predicted octanol–water partition coefficient (Wildman–Crippen LogP) is 1.30. The van der Waals surface area contributed by atoms with Gasteiger partial charge in [0.1, 0.15) is 0 Å². The summed E-state index contributed by atoms with van der Waals surface area (Å²) in [5.74, 6) is 1.29. The molecular formula is C18H20N6O. The molecule has 1 fully saturated rings.